The normalized spacial score (nSPS) is 94.2. The van der Waals surface area contributed by atoms with Crippen LogP contribution in [-0.2, 0) is 11.3 Å². The van der Waals surface area contributed by atoms with Crippen molar-refractivity contribution in [3.8, 4) is 6.07 Å². The van der Waals surface area contributed by atoms with Gasteiger partial charge in [-0.3, -0.25) is 0 Å². The number of carboxylic acids is 1. The number of rotatable bonds is 3. The summed E-state index contributed by atoms with van der Waals surface area (Å²) in [7, 11) is 0. The number of carbonyl (C=O) groups is 1. The zero-order chi connectivity index (χ0) is 15.0. The first-order chi connectivity index (χ1) is 10.3. The molecule has 10 aliphatic heterocycles. The fourth-order valence-corrected chi connectivity index (χ4v) is 93.9. The Morgan fingerprint density at radius 1 is 1.14 bits per heavy atom. The molecular weight excluding hydrogens is 318 g/mol. The van der Waals surface area contributed by atoms with Gasteiger partial charge in [-0.2, -0.15) is 5.26 Å². The minimum atomic E-state index is -2.50. The van der Waals surface area contributed by atoms with E-state index >= 15 is 0 Å². The van der Waals surface area contributed by atoms with Crippen LogP contribution < -0.4 is 0 Å². The van der Waals surface area contributed by atoms with Gasteiger partial charge in [0.1, 0.15) is 11.6 Å². The first-order valence-electron chi connectivity index (χ1n) is 8.87. The van der Waals surface area contributed by atoms with Crippen LogP contribution in [0.25, 0.3) is 0 Å². The van der Waals surface area contributed by atoms with Crippen LogP contribution in [0.2, 0.25) is 47.7 Å². The summed E-state index contributed by atoms with van der Waals surface area (Å²) in [6, 6.07) is 1.56. The Balaban J connectivity index is 0.0000000918. The molecule has 0 radical (unpaired) electrons. The molecule has 10 rings (SSSR count). The zero-order valence-corrected chi connectivity index (χ0v) is 13.9. The van der Waals surface area contributed by atoms with Crippen molar-refractivity contribution in [2.45, 2.75) is 74.3 Å². The number of nitrogens with zero attached hydrogens (tertiary/aromatic N) is 1. The van der Waals surface area contributed by atoms with Crippen molar-refractivity contribution in [2.24, 2.45) is 0 Å². The van der Waals surface area contributed by atoms with Gasteiger partial charge in [0.25, 0.3) is 0 Å². The third kappa shape index (κ3) is 0.127. The molecular formula is C18H21FeNO2. The average Bonchev–Trinajstić information content (AvgIpc) is 3.46. The van der Waals surface area contributed by atoms with E-state index in [0.717, 1.165) is 0 Å². The van der Waals surface area contributed by atoms with E-state index in [9.17, 15) is 4.79 Å². The molecule has 1 spiro atoms. The van der Waals surface area contributed by atoms with Crippen LogP contribution in [0.15, 0.2) is 11.6 Å². The van der Waals surface area contributed by atoms with Crippen LogP contribution in [0.1, 0.15) is 26.7 Å². The molecule has 10 heterocycles. The van der Waals surface area contributed by atoms with Gasteiger partial charge in [0.15, 0.2) is 0 Å². The van der Waals surface area contributed by atoms with Gasteiger partial charge in [-0.15, -0.1) is 0 Å². The van der Waals surface area contributed by atoms with Crippen molar-refractivity contribution in [1.82, 2.24) is 0 Å². The van der Waals surface area contributed by atoms with Crippen molar-refractivity contribution >= 4 is 5.97 Å². The van der Waals surface area contributed by atoms with Gasteiger partial charge in [-0.05, 0) is 6.42 Å². The number of allylic oxidation sites excluding steroid dienone is 1. The van der Waals surface area contributed by atoms with E-state index in [1.54, 1.807) is 62.8 Å². The summed E-state index contributed by atoms with van der Waals surface area (Å²) in [4.78, 5) is 24.1. The van der Waals surface area contributed by atoms with Gasteiger partial charge in [0.05, 0.1) is 0 Å². The Morgan fingerprint density at radius 2 is 1.64 bits per heavy atom. The molecule has 0 saturated carbocycles. The van der Waals surface area contributed by atoms with Crippen LogP contribution in [0.4, 0.5) is 0 Å². The van der Waals surface area contributed by atoms with E-state index in [-0.39, 0.29) is 5.57 Å². The second-order valence-corrected chi connectivity index (χ2v) is 35.3. The molecule has 118 valence electrons. The molecule has 4 unspecified atom stereocenters. The standard InChI is InChI=1S/C7H9.C6H7NO2.C5H5.Fe/c1-2-7-5-3-4-6-7;1-2-3-5(4-7)6(8)9;1-2-4-5-3-1;/h3-6H,2H2,1H3;3H,2H2,1H3,(H,8,9);1-5H;. The molecule has 22 heavy (non-hydrogen) atoms. The van der Waals surface area contributed by atoms with Crippen molar-refractivity contribution in [1.29, 1.82) is 5.26 Å². The molecule has 3 nitrogen and oxygen atoms in total. The molecule has 4 atom stereocenters. The quantitative estimate of drug-likeness (QED) is 0.443. The Morgan fingerprint density at radius 3 is 1.73 bits per heavy atom. The molecule has 10 aliphatic rings. The van der Waals surface area contributed by atoms with Gasteiger partial charge < -0.3 is 5.11 Å². The van der Waals surface area contributed by atoms with E-state index in [2.05, 4.69) is 6.92 Å². The van der Waals surface area contributed by atoms with E-state index in [4.69, 9.17) is 10.4 Å². The third-order valence-electron chi connectivity index (χ3n) is 16.3. The second-order valence-electron chi connectivity index (χ2n) is 11.6. The first-order valence-corrected chi connectivity index (χ1v) is 15.2. The Bertz CT molecular complexity index is 1090. The van der Waals surface area contributed by atoms with Crippen molar-refractivity contribution in [3.05, 3.63) is 11.6 Å². The summed E-state index contributed by atoms with van der Waals surface area (Å²) in [5, 5.41) is 16.3. The van der Waals surface area contributed by atoms with Crippen LogP contribution in [0, 0.1) is 11.3 Å². The van der Waals surface area contributed by atoms with Gasteiger partial charge >= 0.3 is 73.5 Å². The van der Waals surface area contributed by atoms with Crippen molar-refractivity contribution < 1.29 is 16.4 Å². The van der Waals surface area contributed by atoms with Gasteiger partial charge in [0.2, 0.25) is 0 Å². The summed E-state index contributed by atoms with van der Waals surface area (Å²) in [5.74, 6) is -1.15. The topological polar surface area (TPSA) is 61.1 Å². The summed E-state index contributed by atoms with van der Waals surface area (Å²) in [6.07, 6.45) is 3.64. The van der Waals surface area contributed by atoms with Crippen LogP contribution in [0.3, 0.4) is 0 Å². The summed E-state index contributed by atoms with van der Waals surface area (Å²) >= 11 is 0. The van der Waals surface area contributed by atoms with Gasteiger partial charge in [-0.1, -0.05) is 13.0 Å². The Hall–Kier alpha value is -0.781. The minimum absolute atomic E-state index is 0.183. The Kier molecular flexibility index (Phi) is 0.453. The number of hydrogen-bond donors (Lipinski definition) is 1. The third-order valence-corrected chi connectivity index (χ3v) is 59.4. The summed E-state index contributed by atoms with van der Waals surface area (Å²) in [6.45, 7) is 1.86. The van der Waals surface area contributed by atoms with Gasteiger partial charge in [0, 0.05) is 0 Å². The fraction of sp³-hybridized carbons (Fsp3) is 0.778. The number of nitriles is 1. The molecule has 0 aromatic rings. The Labute approximate surface area is 120 Å². The molecule has 10 saturated heterocycles. The maximum absolute atomic E-state index is 10.0. The SMILES string of the molecule is CCC=C(C#N)C(=O)O.CC[C]12[CH]3[CH]4[CH]5[CH]1[Fe]45321678[CH]2[CH]1[CH]6[CH]7[CH]28. The number of hydrogen-bond acceptors (Lipinski definition) is 2. The fourth-order valence-electron chi connectivity index (χ4n) is 18.0. The molecule has 0 bridgehead atoms. The van der Waals surface area contributed by atoms with Crippen LogP contribution >= 0.6 is 0 Å². The number of fused-ring (bicyclic) bond motifs is 10. The monoisotopic (exact) mass is 339 g/mol. The van der Waals surface area contributed by atoms with Gasteiger partial charge in [-0.25, -0.2) is 4.79 Å². The predicted octanol–water partition coefficient (Wildman–Crippen LogP) is 5.09. The molecule has 4 heteroatoms. The average molecular weight is 339 g/mol. The molecule has 0 aromatic carbocycles. The zero-order valence-electron chi connectivity index (χ0n) is 12.8. The number of aliphatic carboxylic acids is 1. The predicted molar refractivity (Wildman–Crippen MR) is 78.4 cm³/mol. The van der Waals surface area contributed by atoms with E-state index < -0.39 is 12.5 Å². The maximum atomic E-state index is 10.0. The summed E-state index contributed by atoms with van der Waals surface area (Å²) in [5.41, 5.74) is -0.183. The van der Waals surface area contributed by atoms with Crippen molar-refractivity contribution in [2.75, 3.05) is 0 Å². The van der Waals surface area contributed by atoms with Crippen LogP contribution in [-0.4, -0.2) is 11.1 Å². The molecule has 0 aromatic heterocycles. The molecule has 0 amide bonds. The van der Waals surface area contributed by atoms with E-state index in [1.807, 2.05) is 0 Å². The molecule has 1 N–H and O–H groups in total. The van der Waals surface area contributed by atoms with Crippen molar-refractivity contribution in [3.63, 3.8) is 0 Å². The first kappa shape index (κ1) is 10.2. The number of carboxylic acid groups (broad SMARTS) is 1. The molecule has 0 aliphatic carbocycles. The van der Waals surface area contributed by atoms with E-state index in [1.165, 1.54) is 10.4 Å². The second kappa shape index (κ2) is 0.982. The van der Waals surface area contributed by atoms with E-state index in [0.29, 0.717) is 6.42 Å². The molecule has 10 fully saturated rings. The summed E-state index contributed by atoms with van der Waals surface area (Å²) < 4.78 is 1.24. The van der Waals surface area contributed by atoms with Crippen LogP contribution in [0.5, 0.6) is 0 Å².